The fourth-order valence-corrected chi connectivity index (χ4v) is 0. The summed E-state index contributed by atoms with van der Waals surface area (Å²) in [6, 6.07) is 0. The van der Waals surface area contributed by atoms with Gasteiger partial charge in [0, 0.05) is 38.6 Å². The van der Waals surface area contributed by atoms with Gasteiger partial charge in [-0.1, -0.05) is 0 Å². The molecule has 6 nitrogen and oxygen atoms in total. The van der Waals surface area contributed by atoms with Gasteiger partial charge in [0.05, 0.1) is 0 Å². The van der Waals surface area contributed by atoms with E-state index in [0.29, 0.717) is 0 Å². The summed E-state index contributed by atoms with van der Waals surface area (Å²) in [5.74, 6) is 0. The van der Waals surface area contributed by atoms with E-state index in [1.807, 2.05) is 0 Å². The molecule has 0 aromatic heterocycles. The maximum atomic E-state index is 8.74. The fraction of sp³-hybridized carbons (Fsp3) is 0. The van der Waals surface area contributed by atoms with Crippen molar-refractivity contribution in [1.82, 2.24) is 0 Å². The average molecular weight is 323 g/mol. The zero-order valence-corrected chi connectivity index (χ0v) is 8.08. The molecule has 0 heterocycles. The first-order chi connectivity index (χ1) is 3.46. The van der Waals surface area contributed by atoms with Crippen LogP contribution in [-0.2, 0) is 9.13 Å². The Morgan fingerprint density at radius 2 is 0.778 bits per heavy atom. The molecule has 0 rings (SSSR count). The van der Waals surface area contributed by atoms with E-state index in [4.69, 9.17) is 28.7 Å². The Morgan fingerprint density at radius 3 is 0.778 bits per heavy atom. The molecule has 0 saturated carbocycles. The quantitative estimate of drug-likeness (QED) is 0.413. The minimum Gasteiger partial charge on any atom is -0.326 e. The van der Waals surface area contributed by atoms with Crippen LogP contribution < -0.4 is 0 Å². The van der Waals surface area contributed by atoms with Crippen LogP contribution in [0, 0.1) is 38.6 Å². The molecule has 0 fully saturated rings. The second-order valence-electron chi connectivity index (χ2n) is 0.565. The first-order valence-electron chi connectivity index (χ1n) is 1.30. The summed E-state index contributed by atoms with van der Waals surface area (Å²) >= 11 is 0. The van der Waals surface area contributed by atoms with Crippen LogP contribution in [0.5, 0.6) is 0 Å². The van der Waals surface area contributed by atoms with E-state index in [1.165, 1.54) is 0 Å². The molecule has 0 bridgehead atoms. The van der Waals surface area contributed by atoms with Crippen molar-refractivity contribution in [1.29, 1.82) is 0 Å². The van der Waals surface area contributed by atoms with Crippen molar-refractivity contribution in [3.05, 3.63) is 0 Å². The minimum absolute atomic E-state index is 0. The molecule has 0 atom stereocenters. The molecule has 1 radical (unpaired) electrons. The molecular weight excluding hydrogens is 317 g/mol. The van der Waals surface area contributed by atoms with Crippen LogP contribution in [0.2, 0.25) is 0 Å². The standard InChI is InChI=1S/2H3O3P.Tb/c2*1-4(2)3;/h2*4H,(H2,1,2,3);. The molecule has 61 valence electrons. The average Bonchev–Trinajstić information content (AvgIpc) is 1.25. The van der Waals surface area contributed by atoms with Crippen molar-refractivity contribution in [3.8, 4) is 0 Å². The van der Waals surface area contributed by atoms with Crippen LogP contribution in [0.25, 0.3) is 0 Å². The van der Waals surface area contributed by atoms with Gasteiger partial charge in [-0.05, 0) is 0 Å². The SMILES string of the molecule is O=[PH](O)O.O=[PH](O)O.[Tb]. The molecule has 0 aliphatic rings. The van der Waals surface area contributed by atoms with Crippen molar-refractivity contribution >= 4 is 16.5 Å². The molecule has 0 unspecified atom stereocenters. The van der Waals surface area contributed by atoms with E-state index in [2.05, 4.69) is 0 Å². The number of rotatable bonds is 0. The second kappa shape index (κ2) is 12.3. The molecule has 0 spiro atoms. The molecule has 0 aromatic rings. The van der Waals surface area contributed by atoms with Gasteiger partial charge in [-0.2, -0.15) is 0 Å². The molecule has 0 aliphatic heterocycles. The third-order valence-electron chi connectivity index (χ3n) is 0. The summed E-state index contributed by atoms with van der Waals surface area (Å²) in [6.45, 7) is 0. The Kier molecular flexibility index (Phi) is 23.1. The van der Waals surface area contributed by atoms with Gasteiger partial charge in [-0.15, -0.1) is 0 Å². The Balaban J connectivity index is -0.0000000720. The molecule has 0 aliphatic carbocycles. The predicted molar refractivity (Wildman–Crippen MR) is 26.9 cm³/mol. The summed E-state index contributed by atoms with van der Waals surface area (Å²) < 4.78 is 17.5. The zero-order chi connectivity index (χ0) is 7.15. The van der Waals surface area contributed by atoms with E-state index >= 15 is 0 Å². The van der Waals surface area contributed by atoms with Crippen molar-refractivity contribution in [2.45, 2.75) is 0 Å². The zero-order valence-electron chi connectivity index (χ0n) is 3.94. The molecule has 4 N–H and O–H groups in total. The van der Waals surface area contributed by atoms with Crippen LogP contribution in [-0.4, -0.2) is 19.6 Å². The molecule has 9 heteroatoms. The Hall–Kier alpha value is 1.59. The van der Waals surface area contributed by atoms with Crippen molar-refractivity contribution in [2.24, 2.45) is 0 Å². The van der Waals surface area contributed by atoms with E-state index < -0.39 is 16.5 Å². The first kappa shape index (κ1) is 16.9. The van der Waals surface area contributed by atoms with E-state index in [9.17, 15) is 0 Å². The number of hydrogen-bond acceptors (Lipinski definition) is 2. The van der Waals surface area contributed by atoms with Crippen molar-refractivity contribution in [3.63, 3.8) is 0 Å². The van der Waals surface area contributed by atoms with Gasteiger partial charge < -0.3 is 19.6 Å². The Labute approximate surface area is 83.2 Å². The summed E-state index contributed by atoms with van der Waals surface area (Å²) in [5, 5.41) is 0. The Bertz CT molecular complexity index is 69.1. The molecule has 0 amide bonds. The molecular formula is H6O6P2Tb. The number of hydrogen-bond donors (Lipinski definition) is 4. The van der Waals surface area contributed by atoms with Gasteiger partial charge in [0.2, 0.25) is 0 Å². The maximum absolute atomic E-state index is 8.74. The van der Waals surface area contributed by atoms with Crippen LogP contribution in [0.4, 0.5) is 0 Å². The van der Waals surface area contributed by atoms with E-state index in [0.717, 1.165) is 0 Å². The molecule has 0 saturated heterocycles. The Morgan fingerprint density at radius 1 is 0.778 bits per heavy atom. The summed E-state index contributed by atoms with van der Waals surface area (Å²) in [6.07, 6.45) is 0. The summed E-state index contributed by atoms with van der Waals surface area (Å²) in [5.41, 5.74) is 0. The maximum Gasteiger partial charge on any atom is 0.314 e. The third-order valence-corrected chi connectivity index (χ3v) is 0. The molecule has 9 heavy (non-hydrogen) atoms. The van der Waals surface area contributed by atoms with E-state index in [-0.39, 0.29) is 38.6 Å². The van der Waals surface area contributed by atoms with Gasteiger partial charge in [0.15, 0.2) is 0 Å². The van der Waals surface area contributed by atoms with Crippen LogP contribution in [0.15, 0.2) is 0 Å². The minimum atomic E-state index is -3.13. The first-order valence-corrected chi connectivity index (χ1v) is 3.91. The monoisotopic (exact) mass is 323 g/mol. The van der Waals surface area contributed by atoms with Gasteiger partial charge in [0.25, 0.3) is 0 Å². The summed E-state index contributed by atoms with van der Waals surface area (Å²) in [4.78, 5) is 28.6. The van der Waals surface area contributed by atoms with E-state index in [1.54, 1.807) is 0 Å². The van der Waals surface area contributed by atoms with Crippen LogP contribution in [0.1, 0.15) is 0 Å². The van der Waals surface area contributed by atoms with Crippen molar-refractivity contribution in [2.75, 3.05) is 0 Å². The van der Waals surface area contributed by atoms with Gasteiger partial charge >= 0.3 is 16.5 Å². The molecule has 0 aromatic carbocycles. The van der Waals surface area contributed by atoms with Gasteiger partial charge in [0.1, 0.15) is 0 Å². The fourth-order valence-electron chi connectivity index (χ4n) is 0. The second-order valence-corrected chi connectivity index (χ2v) is 1.70. The topological polar surface area (TPSA) is 115 Å². The van der Waals surface area contributed by atoms with Gasteiger partial charge in [-0.25, -0.2) is 0 Å². The summed E-state index contributed by atoms with van der Waals surface area (Å²) in [7, 11) is -6.26. The third kappa shape index (κ3) is 219. The smallest absolute Gasteiger partial charge is 0.314 e. The normalized spacial score (nSPS) is 7.78. The van der Waals surface area contributed by atoms with Gasteiger partial charge in [-0.3, -0.25) is 9.13 Å². The predicted octanol–water partition coefficient (Wildman–Crippen LogP) is -1.28. The largest absolute Gasteiger partial charge is 0.326 e. The van der Waals surface area contributed by atoms with Crippen LogP contribution >= 0.6 is 16.5 Å². The van der Waals surface area contributed by atoms with Crippen molar-refractivity contribution < 1.29 is 67.3 Å². The van der Waals surface area contributed by atoms with Crippen LogP contribution in [0.3, 0.4) is 0 Å².